The summed E-state index contributed by atoms with van der Waals surface area (Å²) < 4.78 is 7.89. The summed E-state index contributed by atoms with van der Waals surface area (Å²) in [6.45, 7) is 4.93. The minimum Gasteiger partial charge on any atom is -0.457 e. The van der Waals surface area contributed by atoms with Crippen LogP contribution >= 0.6 is 0 Å². The molecule has 1 atom stereocenters. The molecule has 5 rings (SSSR count). The van der Waals surface area contributed by atoms with E-state index in [0.29, 0.717) is 12.4 Å². The Kier molecular flexibility index (Phi) is 5.95. The number of carbonyl (C=O) groups excluding carboxylic acids is 1. The lowest BCUT2D eigenvalue weighted by Gasteiger charge is -2.32. The van der Waals surface area contributed by atoms with Crippen LogP contribution in [0.3, 0.4) is 0 Å². The molecule has 3 heterocycles. The molecule has 4 aromatic rings. The van der Waals surface area contributed by atoms with Crippen molar-refractivity contribution < 1.29 is 9.53 Å². The first kappa shape index (κ1) is 21.6. The Bertz CT molecular complexity index is 1320. The van der Waals surface area contributed by atoms with Gasteiger partial charge in [0.15, 0.2) is 5.65 Å². The maximum atomic E-state index is 12.2. The number of ether oxygens (including phenoxy) is 1. The summed E-state index contributed by atoms with van der Waals surface area (Å²) in [5, 5.41) is 9.02. The van der Waals surface area contributed by atoms with E-state index in [1.807, 2.05) is 71.2 Å². The number of rotatable bonds is 6. The van der Waals surface area contributed by atoms with Gasteiger partial charge in [-0.15, -0.1) is 0 Å². The first-order valence-corrected chi connectivity index (χ1v) is 11.3. The zero-order valence-electron chi connectivity index (χ0n) is 19.0. The smallest absolute Gasteiger partial charge is 0.246 e. The fourth-order valence-corrected chi connectivity index (χ4v) is 4.41. The highest BCUT2D eigenvalue weighted by Crippen LogP contribution is 2.35. The van der Waals surface area contributed by atoms with Crippen molar-refractivity contribution in [3.63, 3.8) is 0 Å². The second kappa shape index (κ2) is 9.35. The summed E-state index contributed by atoms with van der Waals surface area (Å²) in [5.41, 5.74) is 2.47. The molecule has 1 saturated heterocycles. The average Bonchev–Trinajstić information content (AvgIpc) is 3.29. The quantitative estimate of drug-likeness (QED) is 0.426. The Labute approximate surface area is 197 Å². The number of carbonyl (C=O) groups is 1. The van der Waals surface area contributed by atoms with Gasteiger partial charge < -0.3 is 15.0 Å². The lowest BCUT2D eigenvalue weighted by Crippen LogP contribution is -2.40. The van der Waals surface area contributed by atoms with Crippen molar-refractivity contribution >= 4 is 22.8 Å². The number of anilines is 1. The molecule has 1 fully saturated rings. The first-order valence-electron chi connectivity index (χ1n) is 11.3. The van der Waals surface area contributed by atoms with Gasteiger partial charge in [0.1, 0.15) is 29.3 Å². The average molecular weight is 455 g/mol. The molecule has 8 nitrogen and oxygen atoms in total. The predicted molar refractivity (Wildman–Crippen MR) is 132 cm³/mol. The molecule has 1 aliphatic heterocycles. The Morgan fingerprint density at radius 3 is 2.62 bits per heavy atom. The standard InChI is InChI=1S/C26H26N6O2/c1-3-22(33)31-15-7-8-19(16-31)32-26-23(25(27-2)28-17-29-26)24(30-32)18-11-13-21(14-12-18)34-20-9-5-4-6-10-20/h3-6,9-14,17,19H,1,7-8,15-16H2,2H3,(H,27,28,29)/t19-/m1/s1. The van der Waals surface area contributed by atoms with E-state index in [9.17, 15) is 4.79 Å². The van der Waals surface area contributed by atoms with Gasteiger partial charge in [0.05, 0.1) is 11.4 Å². The van der Waals surface area contributed by atoms with Crippen LogP contribution in [0.4, 0.5) is 5.82 Å². The zero-order valence-corrected chi connectivity index (χ0v) is 19.0. The van der Waals surface area contributed by atoms with Crippen molar-refractivity contribution in [3.05, 3.63) is 73.6 Å². The molecule has 1 amide bonds. The number of hydrogen-bond acceptors (Lipinski definition) is 6. The SMILES string of the molecule is C=CC(=O)N1CCC[C@@H](n2nc(-c3ccc(Oc4ccccc4)cc3)c3c(NC)ncnc32)C1. The van der Waals surface area contributed by atoms with Gasteiger partial charge in [-0.1, -0.05) is 24.8 Å². The molecular weight excluding hydrogens is 428 g/mol. The van der Waals surface area contributed by atoms with E-state index >= 15 is 0 Å². The zero-order chi connectivity index (χ0) is 23.5. The van der Waals surface area contributed by atoms with Crippen LogP contribution in [0, 0.1) is 0 Å². The van der Waals surface area contributed by atoms with Gasteiger partial charge in [-0.05, 0) is 55.3 Å². The molecule has 172 valence electrons. The fraction of sp³-hybridized carbons (Fsp3) is 0.231. The highest BCUT2D eigenvalue weighted by Gasteiger charge is 2.28. The topological polar surface area (TPSA) is 85.2 Å². The third kappa shape index (κ3) is 4.10. The normalized spacial score (nSPS) is 15.8. The van der Waals surface area contributed by atoms with E-state index in [1.165, 1.54) is 6.08 Å². The summed E-state index contributed by atoms with van der Waals surface area (Å²) in [6, 6.07) is 17.5. The molecule has 0 aliphatic carbocycles. The van der Waals surface area contributed by atoms with Crippen LogP contribution in [0.25, 0.3) is 22.3 Å². The number of hydrogen-bond donors (Lipinski definition) is 1. The minimum absolute atomic E-state index is 0.0224. The number of likely N-dealkylation sites (tertiary alicyclic amines) is 1. The highest BCUT2D eigenvalue weighted by molar-refractivity contribution is 5.99. The molecule has 2 aromatic carbocycles. The van der Waals surface area contributed by atoms with Crippen molar-refractivity contribution in [2.75, 3.05) is 25.5 Å². The van der Waals surface area contributed by atoms with Crippen LogP contribution in [-0.4, -0.2) is 50.7 Å². The maximum Gasteiger partial charge on any atom is 0.246 e. The lowest BCUT2D eigenvalue weighted by atomic mass is 10.1. The fourth-order valence-electron chi connectivity index (χ4n) is 4.41. The number of nitrogens with one attached hydrogen (secondary N) is 1. The van der Waals surface area contributed by atoms with Gasteiger partial charge in [-0.2, -0.15) is 5.10 Å². The summed E-state index contributed by atoms with van der Waals surface area (Å²) in [6.07, 6.45) is 4.73. The number of nitrogens with zero attached hydrogens (tertiary/aromatic N) is 5. The summed E-state index contributed by atoms with van der Waals surface area (Å²) in [4.78, 5) is 23.0. The number of benzene rings is 2. The van der Waals surface area contributed by atoms with Gasteiger partial charge in [0.2, 0.25) is 5.91 Å². The van der Waals surface area contributed by atoms with Crippen molar-refractivity contribution in [1.82, 2.24) is 24.6 Å². The van der Waals surface area contributed by atoms with Crippen LogP contribution in [0.1, 0.15) is 18.9 Å². The Morgan fingerprint density at radius 1 is 1.12 bits per heavy atom. The Balaban J connectivity index is 1.52. The lowest BCUT2D eigenvalue weighted by molar-refractivity contribution is -0.127. The van der Waals surface area contributed by atoms with E-state index < -0.39 is 0 Å². The van der Waals surface area contributed by atoms with Crippen molar-refractivity contribution in [2.24, 2.45) is 0 Å². The van der Waals surface area contributed by atoms with Crippen LogP contribution in [0.5, 0.6) is 11.5 Å². The third-order valence-electron chi connectivity index (χ3n) is 6.06. The minimum atomic E-state index is -0.0547. The number of fused-ring (bicyclic) bond motifs is 1. The van der Waals surface area contributed by atoms with Gasteiger partial charge in [0.25, 0.3) is 0 Å². The molecule has 0 bridgehead atoms. The molecule has 0 radical (unpaired) electrons. The van der Waals surface area contributed by atoms with Crippen LogP contribution in [-0.2, 0) is 4.79 Å². The molecule has 1 N–H and O–H groups in total. The highest BCUT2D eigenvalue weighted by atomic mass is 16.5. The number of piperidine rings is 1. The van der Waals surface area contributed by atoms with Crippen molar-refractivity contribution in [1.29, 1.82) is 0 Å². The van der Waals surface area contributed by atoms with Gasteiger partial charge >= 0.3 is 0 Å². The first-order chi connectivity index (χ1) is 16.7. The molecule has 1 aliphatic rings. The van der Waals surface area contributed by atoms with Gasteiger partial charge in [-0.25, -0.2) is 14.6 Å². The molecule has 2 aromatic heterocycles. The maximum absolute atomic E-state index is 12.2. The van der Waals surface area contributed by atoms with Crippen LogP contribution in [0.15, 0.2) is 73.6 Å². The van der Waals surface area contributed by atoms with E-state index in [-0.39, 0.29) is 11.9 Å². The molecule has 0 saturated carbocycles. The van der Waals surface area contributed by atoms with Gasteiger partial charge in [0, 0.05) is 25.7 Å². The second-order valence-electron chi connectivity index (χ2n) is 8.19. The number of amides is 1. The summed E-state index contributed by atoms with van der Waals surface area (Å²) >= 11 is 0. The van der Waals surface area contributed by atoms with Crippen molar-refractivity contribution in [2.45, 2.75) is 18.9 Å². The largest absolute Gasteiger partial charge is 0.457 e. The Hall–Kier alpha value is -4.20. The van der Waals surface area contributed by atoms with Gasteiger partial charge in [-0.3, -0.25) is 4.79 Å². The summed E-state index contributed by atoms with van der Waals surface area (Å²) in [7, 11) is 1.84. The summed E-state index contributed by atoms with van der Waals surface area (Å²) in [5.74, 6) is 2.19. The van der Waals surface area contributed by atoms with Crippen molar-refractivity contribution in [3.8, 4) is 22.8 Å². The molecule has 0 spiro atoms. The van der Waals surface area contributed by atoms with Crippen LogP contribution in [0.2, 0.25) is 0 Å². The predicted octanol–water partition coefficient (Wildman–Crippen LogP) is 4.68. The second-order valence-corrected chi connectivity index (χ2v) is 8.19. The van der Waals surface area contributed by atoms with E-state index in [1.54, 1.807) is 6.33 Å². The van der Waals surface area contributed by atoms with E-state index in [2.05, 4.69) is 21.9 Å². The van der Waals surface area contributed by atoms with Crippen LogP contribution < -0.4 is 10.1 Å². The van der Waals surface area contributed by atoms with E-state index in [0.717, 1.165) is 53.2 Å². The Morgan fingerprint density at radius 2 is 1.88 bits per heavy atom. The monoisotopic (exact) mass is 454 g/mol. The number of aromatic nitrogens is 4. The number of para-hydroxylation sites is 1. The molecular formula is C26H26N6O2. The third-order valence-corrected chi connectivity index (χ3v) is 6.06. The molecule has 8 heteroatoms. The molecule has 34 heavy (non-hydrogen) atoms. The van der Waals surface area contributed by atoms with E-state index in [4.69, 9.17) is 9.84 Å². The molecule has 0 unspecified atom stereocenters.